The van der Waals surface area contributed by atoms with Crippen molar-refractivity contribution >= 4 is 41.7 Å². The summed E-state index contributed by atoms with van der Waals surface area (Å²) < 4.78 is 4.88. The van der Waals surface area contributed by atoms with Gasteiger partial charge in [-0.15, -0.1) is 12.4 Å². The van der Waals surface area contributed by atoms with Gasteiger partial charge in [0.1, 0.15) is 6.04 Å². The molecule has 0 aliphatic rings. The molecule has 0 unspecified atom stereocenters. The highest BCUT2D eigenvalue weighted by atomic mass is 35.5. The van der Waals surface area contributed by atoms with Crippen molar-refractivity contribution in [3.63, 3.8) is 0 Å². The smallest absolute Gasteiger partial charge is 0.328 e. The fourth-order valence-electron chi connectivity index (χ4n) is 3.29. The van der Waals surface area contributed by atoms with Gasteiger partial charge in [-0.2, -0.15) is 11.8 Å². The largest absolute Gasteiger partial charge is 0.467 e. The minimum Gasteiger partial charge on any atom is -0.467 e. The molecule has 0 spiro atoms. The Kier molecular flexibility index (Phi) is 10.7. The summed E-state index contributed by atoms with van der Waals surface area (Å²) in [6, 6.07) is 18.6. The second kappa shape index (κ2) is 13.5. The molecule has 174 valence electrons. The summed E-state index contributed by atoms with van der Waals surface area (Å²) in [7, 11) is 1.33. The highest BCUT2D eigenvalue weighted by Crippen LogP contribution is 2.26. The van der Waals surface area contributed by atoms with Crippen LogP contribution in [-0.2, 0) is 16.1 Å². The first kappa shape index (κ1) is 26.2. The standard InChI is InChI=1S/C25H27N3O3S.ClH/c1-31-25(30)23(12-14-32-2)28-24(29)21-11-10-18(16-27-20-9-6-13-26-17-20)15-22(21)19-7-4-3-5-8-19;/h3-11,13,15,17,23,27H,12,14,16H2,1-2H3,(H,28,29);1H/t23-;/m0./s1. The van der Waals surface area contributed by atoms with Crippen LogP contribution in [0, 0.1) is 0 Å². The first-order chi connectivity index (χ1) is 15.6. The molecule has 0 radical (unpaired) electrons. The number of aromatic nitrogens is 1. The average Bonchev–Trinajstić information content (AvgIpc) is 2.85. The molecule has 33 heavy (non-hydrogen) atoms. The molecule has 2 aromatic carbocycles. The van der Waals surface area contributed by atoms with Crippen LogP contribution in [0.2, 0.25) is 0 Å². The average molecular weight is 486 g/mol. The zero-order valence-electron chi connectivity index (χ0n) is 18.6. The van der Waals surface area contributed by atoms with Crippen LogP contribution in [0.4, 0.5) is 5.69 Å². The van der Waals surface area contributed by atoms with Crippen LogP contribution in [-0.4, -0.2) is 42.0 Å². The Morgan fingerprint density at radius 1 is 1.09 bits per heavy atom. The number of ether oxygens (including phenoxy) is 1. The molecule has 0 bridgehead atoms. The summed E-state index contributed by atoms with van der Waals surface area (Å²) in [5.41, 5.74) is 4.20. The molecule has 0 saturated heterocycles. The molecule has 1 atom stereocenters. The molecule has 0 aliphatic heterocycles. The molecule has 2 N–H and O–H groups in total. The van der Waals surface area contributed by atoms with Gasteiger partial charge in [0, 0.05) is 24.5 Å². The monoisotopic (exact) mass is 485 g/mol. The van der Waals surface area contributed by atoms with Crippen LogP contribution < -0.4 is 10.6 Å². The van der Waals surface area contributed by atoms with Gasteiger partial charge in [-0.1, -0.05) is 36.4 Å². The van der Waals surface area contributed by atoms with Crippen LogP contribution in [0.25, 0.3) is 11.1 Å². The Hall–Kier alpha value is -3.03. The zero-order valence-corrected chi connectivity index (χ0v) is 20.2. The lowest BCUT2D eigenvalue weighted by Gasteiger charge is -2.18. The molecule has 3 aromatic rings. The van der Waals surface area contributed by atoms with Crippen LogP contribution in [0.1, 0.15) is 22.3 Å². The van der Waals surface area contributed by atoms with Crippen molar-refractivity contribution in [2.24, 2.45) is 0 Å². The first-order valence-electron chi connectivity index (χ1n) is 10.3. The van der Waals surface area contributed by atoms with E-state index in [9.17, 15) is 9.59 Å². The van der Waals surface area contributed by atoms with E-state index < -0.39 is 12.0 Å². The minimum absolute atomic E-state index is 0. The topological polar surface area (TPSA) is 80.3 Å². The van der Waals surface area contributed by atoms with Crippen LogP contribution in [0.3, 0.4) is 0 Å². The maximum Gasteiger partial charge on any atom is 0.328 e. The second-order valence-corrected chi connectivity index (χ2v) is 8.16. The molecule has 6 nitrogen and oxygen atoms in total. The van der Waals surface area contributed by atoms with Crippen molar-refractivity contribution in [3.8, 4) is 11.1 Å². The van der Waals surface area contributed by atoms with Crippen molar-refractivity contribution < 1.29 is 14.3 Å². The van der Waals surface area contributed by atoms with Crippen LogP contribution in [0.15, 0.2) is 73.1 Å². The van der Waals surface area contributed by atoms with Gasteiger partial charge in [0.05, 0.1) is 12.8 Å². The number of hydrogen-bond donors (Lipinski definition) is 2. The number of methoxy groups -OCH3 is 1. The third-order valence-electron chi connectivity index (χ3n) is 4.97. The summed E-state index contributed by atoms with van der Waals surface area (Å²) in [6.45, 7) is 0.589. The van der Waals surface area contributed by atoms with E-state index in [1.165, 1.54) is 7.11 Å². The van der Waals surface area contributed by atoms with E-state index in [0.717, 1.165) is 28.1 Å². The number of carbonyl (C=O) groups is 2. The Morgan fingerprint density at radius 3 is 2.55 bits per heavy atom. The molecule has 1 amide bonds. The lowest BCUT2D eigenvalue weighted by Crippen LogP contribution is -2.42. The van der Waals surface area contributed by atoms with E-state index in [-0.39, 0.29) is 18.3 Å². The van der Waals surface area contributed by atoms with Gasteiger partial charge in [-0.25, -0.2) is 4.79 Å². The van der Waals surface area contributed by atoms with E-state index in [2.05, 4.69) is 15.6 Å². The number of esters is 1. The Labute approximate surface area is 204 Å². The van der Waals surface area contributed by atoms with Gasteiger partial charge < -0.3 is 15.4 Å². The van der Waals surface area contributed by atoms with E-state index in [1.54, 1.807) is 30.2 Å². The fourth-order valence-corrected chi connectivity index (χ4v) is 3.76. The Morgan fingerprint density at radius 2 is 1.88 bits per heavy atom. The van der Waals surface area contributed by atoms with Crippen molar-refractivity contribution in [1.82, 2.24) is 10.3 Å². The molecule has 0 aliphatic carbocycles. The lowest BCUT2D eigenvalue weighted by molar-refractivity contribution is -0.142. The molecular weight excluding hydrogens is 458 g/mol. The number of nitrogens with one attached hydrogen (secondary N) is 2. The zero-order chi connectivity index (χ0) is 22.8. The molecule has 3 rings (SSSR count). The molecule has 1 heterocycles. The van der Waals surface area contributed by atoms with E-state index >= 15 is 0 Å². The summed E-state index contributed by atoms with van der Waals surface area (Å²) >= 11 is 1.62. The van der Waals surface area contributed by atoms with Gasteiger partial charge in [-0.05, 0) is 59.4 Å². The molecule has 8 heteroatoms. The number of thioether (sulfide) groups is 1. The fraction of sp³-hybridized carbons (Fsp3) is 0.240. The number of halogens is 1. The number of anilines is 1. The number of pyridine rings is 1. The van der Waals surface area contributed by atoms with Gasteiger partial charge in [0.2, 0.25) is 0 Å². The first-order valence-corrected chi connectivity index (χ1v) is 11.7. The third-order valence-corrected chi connectivity index (χ3v) is 5.62. The van der Waals surface area contributed by atoms with Crippen molar-refractivity contribution in [2.75, 3.05) is 24.4 Å². The van der Waals surface area contributed by atoms with Crippen LogP contribution >= 0.6 is 24.2 Å². The van der Waals surface area contributed by atoms with Crippen molar-refractivity contribution in [1.29, 1.82) is 0 Å². The molecular formula is C25H28ClN3O3S. The SMILES string of the molecule is COC(=O)[C@H](CCSC)NC(=O)c1ccc(CNc2cccnc2)cc1-c1ccccc1.Cl. The highest BCUT2D eigenvalue weighted by molar-refractivity contribution is 7.98. The Bertz CT molecular complexity index is 1040. The van der Waals surface area contributed by atoms with E-state index in [1.807, 2.05) is 60.9 Å². The van der Waals surface area contributed by atoms with E-state index in [0.29, 0.717) is 18.5 Å². The quantitative estimate of drug-likeness (QED) is 0.401. The normalized spacial score (nSPS) is 11.1. The number of hydrogen-bond acceptors (Lipinski definition) is 6. The number of benzene rings is 2. The van der Waals surface area contributed by atoms with Gasteiger partial charge in [0.25, 0.3) is 5.91 Å². The molecule has 0 saturated carbocycles. The van der Waals surface area contributed by atoms with E-state index in [4.69, 9.17) is 4.74 Å². The maximum atomic E-state index is 13.2. The lowest BCUT2D eigenvalue weighted by atomic mass is 9.96. The number of carbonyl (C=O) groups excluding carboxylic acids is 2. The summed E-state index contributed by atoms with van der Waals surface area (Å²) in [5, 5.41) is 6.20. The van der Waals surface area contributed by atoms with Crippen molar-refractivity contribution in [3.05, 3.63) is 84.2 Å². The predicted octanol–water partition coefficient (Wildman–Crippen LogP) is 4.81. The number of nitrogens with zero attached hydrogens (tertiary/aromatic N) is 1. The number of rotatable bonds is 10. The minimum atomic E-state index is -0.685. The second-order valence-electron chi connectivity index (χ2n) is 7.17. The summed E-state index contributed by atoms with van der Waals surface area (Å²) in [6.07, 6.45) is 5.96. The van der Waals surface area contributed by atoms with Gasteiger partial charge >= 0.3 is 5.97 Å². The maximum absolute atomic E-state index is 13.2. The van der Waals surface area contributed by atoms with Gasteiger partial charge in [0.15, 0.2) is 0 Å². The third kappa shape index (κ3) is 7.51. The van der Waals surface area contributed by atoms with Crippen LogP contribution in [0.5, 0.6) is 0 Å². The molecule has 0 fully saturated rings. The highest BCUT2D eigenvalue weighted by Gasteiger charge is 2.23. The number of amides is 1. The summed E-state index contributed by atoms with van der Waals surface area (Å²) in [5.74, 6) is 0.00272. The van der Waals surface area contributed by atoms with Crippen molar-refractivity contribution in [2.45, 2.75) is 19.0 Å². The molecule has 1 aromatic heterocycles. The van der Waals surface area contributed by atoms with Gasteiger partial charge in [-0.3, -0.25) is 9.78 Å². The predicted molar refractivity (Wildman–Crippen MR) is 137 cm³/mol. The summed E-state index contributed by atoms with van der Waals surface area (Å²) in [4.78, 5) is 29.4. The Balaban J connectivity index is 0.00000385.